The zero-order valence-electron chi connectivity index (χ0n) is 18.3. The molecule has 1 heterocycles. The van der Waals surface area contributed by atoms with Gasteiger partial charge in [-0.05, 0) is 60.2 Å². The average Bonchev–Trinajstić information content (AvgIpc) is 2.87. The maximum atomic E-state index is 13.9. The lowest BCUT2D eigenvalue weighted by atomic mass is 10.1. The molecule has 0 aliphatic carbocycles. The maximum Gasteiger partial charge on any atom is 0.274 e. The number of sulfone groups is 1. The van der Waals surface area contributed by atoms with Crippen molar-refractivity contribution in [1.82, 2.24) is 4.98 Å². The fourth-order valence-electron chi connectivity index (χ4n) is 3.29. The predicted molar refractivity (Wildman–Crippen MR) is 130 cm³/mol. The SMILES string of the molecule is O=C(Nc1cc(F)ccc1NC(=O)c1ccccn1)c1ccc(CS(=O)(=O)c2ccccc2)cc1. The second kappa shape index (κ2) is 10.3. The number of nitrogens with one attached hydrogen (secondary N) is 2. The van der Waals surface area contributed by atoms with Gasteiger partial charge in [-0.2, -0.15) is 0 Å². The van der Waals surface area contributed by atoms with E-state index in [1.807, 2.05) is 0 Å². The number of hydrogen-bond acceptors (Lipinski definition) is 5. The van der Waals surface area contributed by atoms with E-state index in [4.69, 9.17) is 0 Å². The molecular weight excluding hydrogens is 469 g/mol. The minimum Gasteiger partial charge on any atom is -0.320 e. The van der Waals surface area contributed by atoms with E-state index in [-0.39, 0.29) is 33.3 Å². The first kappa shape index (κ1) is 23.8. The Hall–Kier alpha value is -4.37. The molecule has 0 fully saturated rings. The van der Waals surface area contributed by atoms with Crippen molar-refractivity contribution in [2.75, 3.05) is 10.6 Å². The predicted octanol–water partition coefficient (Wildman–Crippen LogP) is 4.70. The Bertz CT molecular complexity index is 1460. The summed E-state index contributed by atoms with van der Waals surface area (Å²) in [4.78, 5) is 29.4. The topological polar surface area (TPSA) is 105 Å². The molecule has 0 saturated carbocycles. The molecule has 1 aromatic heterocycles. The molecule has 176 valence electrons. The third-order valence-electron chi connectivity index (χ3n) is 5.05. The third kappa shape index (κ3) is 5.96. The Balaban J connectivity index is 1.48. The molecule has 7 nitrogen and oxygen atoms in total. The summed E-state index contributed by atoms with van der Waals surface area (Å²) in [6, 6.07) is 22.6. The van der Waals surface area contributed by atoms with Crippen LogP contribution in [-0.4, -0.2) is 25.2 Å². The molecule has 2 N–H and O–H groups in total. The molecule has 0 aliphatic rings. The van der Waals surface area contributed by atoms with Crippen LogP contribution in [0, 0.1) is 5.82 Å². The molecule has 35 heavy (non-hydrogen) atoms. The van der Waals surface area contributed by atoms with Crippen molar-refractivity contribution >= 4 is 33.0 Å². The molecule has 0 saturated heterocycles. The summed E-state index contributed by atoms with van der Waals surface area (Å²) >= 11 is 0. The highest BCUT2D eigenvalue weighted by molar-refractivity contribution is 7.90. The average molecular weight is 490 g/mol. The summed E-state index contributed by atoms with van der Waals surface area (Å²) in [6.07, 6.45) is 1.47. The molecule has 0 radical (unpaired) electrons. The number of rotatable bonds is 7. The number of amides is 2. The van der Waals surface area contributed by atoms with E-state index in [1.165, 1.54) is 42.6 Å². The Morgan fingerprint density at radius 2 is 1.46 bits per heavy atom. The van der Waals surface area contributed by atoms with E-state index in [0.717, 1.165) is 12.1 Å². The lowest BCUT2D eigenvalue weighted by molar-refractivity contribution is 0.101. The molecule has 2 amide bonds. The second-order valence-corrected chi connectivity index (χ2v) is 9.57. The van der Waals surface area contributed by atoms with Gasteiger partial charge in [-0.25, -0.2) is 12.8 Å². The number of carbonyl (C=O) groups is 2. The Morgan fingerprint density at radius 1 is 0.771 bits per heavy atom. The van der Waals surface area contributed by atoms with Crippen molar-refractivity contribution in [3.05, 3.63) is 120 Å². The molecule has 4 rings (SSSR count). The molecule has 3 aromatic carbocycles. The van der Waals surface area contributed by atoms with Gasteiger partial charge in [-0.1, -0.05) is 36.4 Å². The van der Waals surface area contributed by atoms with E-state index >= 15 is 0 Å². The first-order valence-electron chi connectivity index (χ1n) is 10.5. The summed E-state index contributed by atoms with van der Waals surface area (Å²) in [5.74, 6) is -1.89. The van der Waals surface area contributed by atoms with Gasteiger partial charge in [0.25, 0.3) is 11.8 Å². The number of pyridine rings is 1. The number of halogens is 1. The summed E-state index contributed by atoms with van der Waals surface area (Å²) in [6.45, 7) is 0. The van der Waals surface area contributed by atoms with Crippen LogP contribution in [0.25, 0.3) is 0 Å². The van der Waals surface area contributed by atoms with Crippen molar-refractivity contribution in [2.24, 2.45) is 0 Å². The molecule has 0 spiro atoms. The van der Waals surface area contributed by atoms with Gasteiger partial charge in [0, 0.05) is 11.8 Å². The van der Waals surface area contributed by atoms with E-state index in [9.17, 15) is 22.4 Å². The molecule has 9 heteroatoms. The smallest absolute Gasteiger partial charge is 0.274 e. The standard InChI is InChI=1S/C26H20FN3O4S/c27-20-13-14-22(29-26(32)23-8-4-5-15-28-23)24(16-20)30-25(31)19-11-9-18(10-12-19)17-35(33,34)21-6-2-1-3-7-21/h1-16H,17H2,(H,29,32)(H,30,31). The molecule has 0 unspecified atom stereocenters. The van der Waals surface area contributed by atoms with Gasteiger partial charge in [0.15, 0.2) is 9.84 Å². The van der Waals surface area contributed by atoms with Crippen LogP contribution in [0.15, 0.2) is 102 Å². The summed E-state index contributed by atoms with van der Waals surface area (Å²) in [5, 5.41) is 5.20. The first-order valence-corrected chi connectivity index (χ1v) is 12.2. The largest absolute Gasteiger partial charge is 0.320 e. The van der Waals surface area contributed by atoms with Crippen LogP contribution in [0.2, 0.25) is 0 Å². The van der Waals surface area contributed by atoms with Gasteiger partial charge >= 0.3 is 0 Å². The lowest BCUT2D eigenvalue weighted by Crippen LogP contribution is -2.17. The molecule has 0 bridgehead atoms. The number of nitrogens with zero attached hydrogens (tertiary/aromatic N) is 1. The van der Waals surface area contributed by atoms with E-state index in [2.05, 4.69) is 15.6 Å². The summed E-state index contributed by atoms with van der Waals surface area (Å²) in [5.41, 5.74) is 1.17. The van der Waals surface area contributed by atoms with Crippen molar-refractivity contribution in [3.63, 3.8) is 0 Å². The monoisotopic (exact) mass is 489 g/mol. The molecule has 0 aliphatic heterocycles. The molecule has 0 atom stereocenters. The van der Waals surface area contributed by atoms with Crippen LogP contribution in [0.1, 0.15) is 26.4 Å². The van der Waals surface area contributed by atoms with E-state index in [0.29, 0.717) is 5.56 Å². The fourth-order valence-corrected chi connectivity index (χ4v) is 4.66. The van der Waals surface area contributed by atoms with Gasteiger partial charge in [0.1, 0.15) is 11.5 Å². The van der Waals surface area contributed by atoms with Crippen molar-refractivity contribution in [3.8, 4) is 0 Å². The molecule has 4 aromatic rings. The van der Waals surface area contributed by atoms with Crippen LogP contribution in [0.5, 0.6) is 0 Å². The second-order valence-electron chi connectivity index (χ2n) is 7.58. The number of aromatic nitrogens is 1. The van der Waals surface area contributed by atoms with Gasteiger partial charge < -0.3 is 10.6 Å². The van der Waals surface area contributed by atoms with Gasteiger partial charge in [-0.3, -0.25) is 14.6 Å². The van der Waals surface area contributed by atoms with Crippen LogP contribution >= 0.6 is 0 Å². The van der Waals surface area contributed by atoms with Crippen LogP contribution in [0.4, 0.5) is 15.8 Å². The highest BCUT2D eigenvalue weighted by Gasteiger charge is 2.17. The Morgan fingerprint density at radius 3 is 2.14 bits per heavy atom. The minimum atomic E-state index is -3.53. The maximum absolute atomic E-state index is 13.9. The van der Waals surface area contributed by atoms with Crippen molar-refractivity contribution in [1.29, 1.82) is 0 Å². The highest BCUT2D eigenvalue weighted by Crippen LogP contribution is 2.24. The number of carbonyl (C=O) groups excluding carboxylic acids is 2. The summed E-state index contributed by atoms with van der Waals surface area (Å²) < 4.78 is 39.0. The van der Waals surface area contributed by atoms with Crippen LogP contribution in [0.3, 0.4) is 0 Å². The number of hydrogen-bond donors (Lipinski definition) is 2. The zero-order valence-corrected chi connectivity index (χ0v) is 19.1. The van der Waals surface area contributed by atoms with Crippen molar-refractivity contribution < 1.29 is 22.4 Å². The molecular formula is C26H20FN3O4S. The van der Waals surface area contributed by atoms with Gasteiger partial charge in [-0.15, -0.1) is 0 Å². The first-order chi connectivity index (χ1) is 16.8. The normalized spacial score (nSPS) is 11.0. The zero-order chi connectivity index (χ0) is 24.8. The van der Waals surface area contributed by atoms with Crippen LogP contribution in [-0.2, 0) is 15.6 Å². The van der Waals surface area contributed by atoms with E-state index in [1.54, 1.807) is 42.5 Å². The highest BCUT2D eigenvalue weighted by atomic mass is 32.2. The van der Waals surface area contributed by atoms with E-state index < -0.39 is 27.5 Å². The summed E-state index contributed by atoms with van der Waals surface area (Å²) in [7, 11) is -3.53. The quantitative estimate of drug-likeness (QED) is 0.392. The van der Waals surface area contributed by atoms with Crippen LogP contribution < -0.4 is 10.6 Å². The fraction of sp³-hybridized carbons (Fsp3) is 0.0385. The minimum absolute atomic E-state index is 0.0648. The third-order valence-corrected chi connectivity index (χ3v) is 6.75. The lowest BCUT2D eigenvalue weighted by Gasteiger charge is -2.13. The number of anilines is 2. The van der Waals surface area contributed by atoms with Gasteiger partial charge in [0.2, 0.25) is 0 Å². The number of benzene rings is 3. The van der Waals surface area contributed by atoms with Crippen molar-refractivity contribution in [2.45, 2.75) is 10.6 Å². The Labute approximate surface area is 201 Å². The Kier molecular flexibility index (Phi) is 6.98. The van der Waals surface area contributed by atoms with Gasteiger partial charge in [0.05, 0.1) is 22.0 Å².